The van der Waals surface area contributed by atoms with Gasteiger partial charge in [0.05, 0.1) is 6.17 Å². The molecule has 0 saturated carbocycles. The van der Waals surface area contributed by atoms with Crippen LogP contribution >= 0.6 is 0 Å². The van der Waals surface area contributed by atoms with Crippen LogP contribution in [0, 0.1) is 0 Å². The average molecular weight is 179 g/mol. The summed E-state index contributed by atoms with van der Waals surface area (Å²) in [5.41, 5.74) is 7.36. The molecule has 2 heterocycles. The molecule has 0 aliphatic carbocycles. The number of aryl methyl sites for hydroxylation is 1. The number of aromatic nitrogens is 2. The van der Waals surface area contributed by atoms with Crippen LogP contribution in [0.5, 0.6) is 0 Å². The first kappa shape index (κ1) is 8.75. The summed E-state index contributed by atoms with van der Waals surface area (Å²) in [5.74, 6) is 1.61. The van der Waals surface area contributed by atoms with Crippen molar-refractivity contribution in [3.8, 4) is 0 Å². The lowest BCUT2D eigenvalue weighted by Gasteiger charge is -2.24. The normalized spacial score (nSPS) is 22.0. The Kier molecular flexibility index (Phi) is 2.12. The zero-order valence-electron chi connectivity index (χ0n) is 8.33. The largest absolute Gasteiger partial charge is 0.316 e. The fourth-order valence-corrected chi connectivity index (χ4v) is 2.03. The Morgan fingerprint density at radius 2 is 2.38 bits per heavy atom. The predicted molar refractivity (Wildman–Crippen MR) is 52.5 cm³/mol. The van der Waals surface area contributed by atoms with Crippen LogP contribution in [-0.2, 0) is 6.42 Å². The van der Waals surface area contributed by atoms with Crippen molar-refractivity contribution in [1.82, 2.24) is 9.55 Å². The molecular weight excluding hydrogens is 162 g/mol. The van der Waals surface area contributed by atoms with Crippen molar-refractivity contribution in [2.75, 3.05) is 0 Å². The second-order valence-corrected chi connectivity index (χ2v) is 4.09. The van der Waals surface area contributed by atoms with Gasteiger partial charge in [-0.2, -0.15) is 0 Å². The third-order valence-electron chi connectivity index (χ3n) is 2.68. The first-order valence-electron chi connectivity index (χ1n) is 5.01. The number of nitrogens with two attached hydrogens (primary N) is 1. The van der Waals surface area contributed by atoms with Crippen LogP contribution in [0.1, 0.15) is 50.3 Å². The number of hydrogen-bond acceptors (Lipinski definition) is 2. The molecule has 0 spiro atoms. The van der Waals surface area contributed by atoms with Gasteiger partial charge in [0.1, 0.15) is 5.82 Å². The summed E-state index contributed by atoms with van der Waals surface area (Å²) in [5, 5.41) is 0. The van der Waals surface area contributed by atoms with Crippen LogP contribution in [0.3, 0.4) is 0 Å². The van der Waals surface area contributed by atoms with Crippen LogP contribution in [0.25, 0.3) is 0 Å². The monoisotopic (exact) mass is 179 g/mol. The van der Waals surface area contributed by atoms with E-state index in [1.54, 1.807) is 0 Å². The topological polar surface area (TPSA) is 43.8 Å². The van der Waals surface area contributed by atoms with Gasteiger partial charge < -0.3 is 10.3 Å². The van der Waals surface area contributed by atoms with Gasteiger partial charge in [-0.05, 0) is 19.3 Å². The lowest BCUT2D eigenvalue weighted by molar-refractivity contribution is 0.396. The van der Waals surface area contributed by atoms with Crippen LogP contribution in [-0.4, -0.2) is 9.55 Å². The molecule has 0 radical (unpaired) electrons. The molecule has 2 N–H and O–H groups in total. The van der Waals surface area contributed by atoms with E-state index in [2.05, 4.69) is 23.4 Å². The molecule has 0 bridgehead atoms. The quantitative estimate of drug-likeness (QED) is 0.714. The fraction of sp³-hybridized carbons (Fsp3) is 0.700. The minimum atomic E-state index is 0.156. The Morgan fingerprint density at radius 1 is 1.62 bits per heavy atom. The number of fused-ring (bicyclic) bond motifs is 1. The summed E-state index contributed by atoms with van der Waals surface area (Å²) in [6.07, 6.45) is 5.55. The highest BCUT2D eigenvalue weighted by molar-refractivity contribution is 5.12. The molecule has 1 unspecified atom stereocenters. The molecule has 72 valence electrons. The molecule has 1 aromatic rings. The van der Waals surface area contributed by atoms with Crippen LogP contribution in [0.4, 0.5) is 0 Å². The van der Waals surface area contributed by atoms with Crippen molar-refractivity contribution in [3.05, 3.63) is 17.7 Å². The first-order valence-corrected chi connectivity index (χ1v) is 5.01. The fourth-order valence-electron chi connectivity index (χ4n) is 2.03. The molecule has 1 aromatic heterocycles. The van der Waals surface area contributed by atoms with Gasteiger partial charge in [0, 0.05) is 17.8 Å². The van der Waals surface area contributed by atoms with Gasteiger partial charge in [-0.1, -0.05) is 13.8 Å². The van der Waals surface area contributed by atoms with Crippen molar-refractivity contribution in [2.45, 2.75) is 45.2 Å². The van der Waals surface area contributed by atoms with E-state index in [1.807, 2.05) is 6.20 Å². The average Bonchev–Trinajstić information content (AvgIpc) is 2.49. The number of hydrogen-bond donors (Lipinski definition) is 1. The van der Waals surface area contributed by atoms with Crippen LogP contribution in [0.15, 0.2) is 6.20 Å². The van der Waals surface area contributed by atoms with Crippen molar-refractivity contribution in [2.24, 2.45) is 5.73 Å². The summed E-state index contributed by atoms with van der Waals surface area (Å²) in [6.45, 7) is 4.33. The third kappa shape index (κ3) is 1.37. The van der Waals surface area contributed by atoms with E-state index < -0.39 is 0 Å². The molecular formula is C10H17N3. The Bertz CT molecular complexity index is 301. The zero-order valence-corrected chi connectivity index (χ0v) is 8.33. The van der Waals surface area contributed by atoms with Gasteiger partial charge in [-0.3, -0.25) is 0 Å². The second kappa shape index (κ2) is 3.14. The van der Waals surface area contributed by atoms with E-state index in [-0.39, 0.29) is 6.17 Å². The summed E-state index contributed by atoms with van der Waals surface area (Å²) in [4.78, 5) is 4.43. The highest BCUT2D eigenvalue weighted by Gasteiger charge is 2.21. The van der Waals surface area contributed by atoms with Crippen molar-refractivity contribution in [1.29, 1.82) is 0 Å². The first-order chi connectivity index (χ1) is 6.20. The molecule has 0 amide bonds. The highest BCUT2D eigenvalue weighted by Crippen LogP contribution is 2.26. The molecule has 0 fully saturated rings. The van der Waals surface area contributed by atoms with E-state index in [1.165, 1.54) is 12.1 Å². The number of imidazole rings is 1. The molecule has 0 saturated heterocycles. The maximum absolute atomic E-state index is 6.05. The molecule has 0 aromatic carbocycles. The summed E-state index contributed by atoms with van der Waals surface area (Å²) in [7, 11) is 0. The SMILES string of the molecule is CC(C)c1ncc2n1C(N)CCC2. The minimum absolute atomic E-state index is 0.156. The molecule has 13 heavy (non-hydrogen) atoms. The standard InChI is InChI=1S/C10H17N3/c1-7(2)10-12-6-8-4-3-5-9(11)13(8)10/h6-7,9H,3-5,11H2,1-2H3. The Morgan fingerprint density at radius 3 is 3.08 bits per heavy atom. The third-order valence-corrected chi connectivity index (χ3v) is 2.68. The molecule has 1 atom stereocenters. The van der Waals surface area contributed by atoms with E-state index in [9.17, 15) is 0 Å². The smallest absolute Gasteiger partial charge is 0.112 e. The number of nitrogens with zero attached hydrogens (tertiary/aromatic N) is 2. The minimum Gasteiger partial charge on any atom is -0.316 e. The van der Waals surface area contributed by atoms with E-state index in [0.29, 0.717) is 5.92 Å². The predicted octanol–water partition coefficient (Wildman–Crippen LogP) is 1.80. The van der Waals surface area contributed by atoms with Gasteiger partial charge in [0.15, 0.2) is 0 Å². The lowest BCUT2D eigenvalue weighted by atomic mass is 10.1. The maximum atomic E-state index is 6.05. The molecule has 2 rings (SSSR count). The summed E-state index contributed by atoms with van der Waals surface area (Å²) < 4.78 is 2.22. The van der Waals surface area contributed by atoms with Gasteiger partial charge in [0.25, 0.3) is 0 Å². The van der Waals surface area contributed by atoms with Crippen molar-refractivity contribution in [3.63, 3.8) is 0 Å². The molecule has 1 aliphatic heterocycles. The lowest BCUT2D eigenvalue weighted by Crippen LogP contribution is -2.26. The zero-order chi connectivity index (χ0) is 9.42. The summed E-state index contributed by atoms with van der Waals surface area (Å²) in [6, 6.07) is 0. The molecule has 3 nitrogen and oxygen atoms in total. The van der Waals surface area contributed by atoms with E-state index in [4.69, 9.17) is 5.73 Å². The van der Waals surface area contributed by atoms with Crippen LogP contribution < -0.4 is 5.73 Å². The van der Waals surface area contributed by atoms with Gasteiger partial charge in [-0.15, -0.1) is 0 Å². The maximum Gasteiger partial charge on any atom is 0.112 e. The number of rotatable bonds is 1. The molecule has 1 aliphatic rings. The van der Waals surface area contributed by atoms with Gasteiger partial charge in [0.2, 0.25) is 0 Å². The van der Waals surface area contributed by atoms with Crippen molar-refractivity contribution >= 4 is 0 Å². The Labute approximate surface area is 79.0 Å². The Balaban J connectivity index is 2.44. The second-order valence-electron chi connectivity index (χ2n) is 4.09. The molecule has 3 heteroatoms. The Hall–Kier alpha value is -0.830. The van der Waals surface area contributed by atoms with Gasteiger partial charge >= 0.3 is 0 Å². The summed E-state index contributed by atoms with van der Waals surface area (Å²) >= 11 is 0. The van der Waals surface area contributed by atoms with E-state index in [0.717, 1.165) is 18.7 Å². The van der Waals surface area contributed by atoms with E-state index >= 15 is 0 Å². The highest BCUT2D eigenvalue weighted by atomic mass is 15.2. The van der Waals surface area contributed by atoms with Crippen molar-refractivity contribution < 1.29 is 0 Å². The van der Waals surface area contributed by atoms with Crippen LogP contribution in [0.2, 0.25) is 0 Å². The van der Waals surface area contributed by atoms with Gasteiger partial charge in [-0.25, -0.2) is 4.98 Å².